The van der Waals surface area contributed by atoms with Gasteiger partial charge < -0.3 is 10.1 Å². The van der Waals surface area contributed by atoms with Gasteiger partial charge in [-0.1, -0.05) is 38.5 Å². The van der Waals surface area contributed by atoms with E-state index in [1.54, 1.807) is 12.1 Å². The first-order valence-electron chi connectivity index (χ1n) is 6.67. The molecule has 0 aromatic heterocycles. The van der Waals surface area contributed by atoms with Crippen LogP contribution in [0.5, 0.6) is 0 Å². The number of nitrogens with one attached hydrogen (secondary N) is 1. The predicted molar refractivity (Wildman–Crippen MR) is 73.5 cm³/mol. The van der Waals surface area contributed by atoms with E-state index in [4.69, 9.17) is 4.74 Å². The summed E-state index contributed by atoms with van der Waals surface area (Å²) in [5, 5.41) is 3.08. The van der Waals surface area contributed by atoms with Gasteiger partial charge in [-0.25, -0.2) is 8.78 Å². The van der Waals surface area contributed by atoms with E-state index in [-0.39, 0.29) is 17.5 Å². The lowest BCUT2D eigenvalue weighted by Crippen LogP contribution is -2.42. The molecule has 0 saturated carbocycles. The molecular formula is C15H21F2NO2. The molecule has 0 heterocycles. The van der Waals surface area contributed by atoms with Gasteiger partial charge in [0, 0.05) is 12.1 Å². The van der Waals surface area contributed by atoms with Crippen LogP contribution in [0, 0.1) is 5.92 Å². The Kier molecular flexibility index (Phi) is 6.58. The van der Waals surface area contributed by atoms with E-state index in [1.807, 2.05) is 13.8 Å². The number of halogens is 2. The van der Waals surface area contributed by atoms with E-state index in [1.165, 1.54) is 19.2 Å². The van der Waals surface area contributed by atoms with Gasteiger partial charge in [0.1, 0.15) is 6.04 Å². The van der Waals surface area contributed by atoms with Crippen LogP contribution in [0.15, 0.2) is 24.3 Å². The van der Waals surface area contributed by atoms with Crippen molar-refractivity contribution >= 4 is 5.97 Å². The largest absolute Gasteiger partial charge is 0.468 e. The third-order valence-corrected chi connectivity index (χ3v) is 3.40. The minimum absolute atomic E-state index is 0.0116. The van der Waals surface area contributed by atoms with Gasteiger partial charge >= 0.3 is 5.97 Å². The van der Waals surface area contributed by atoms with Crippen molar-refractivity contribution in [2.45, 2.75) is 39.3 Å². The van der Waals surface area contributed by atoms with Gasteiger partial charge in [-0.15, -0.1) is 0 Å². The van der Waals surface area contributed by atoms with Crippen LogP contribution in [0.25, 0.3) is 0 Å². The Balaban J connectivity index is 2.72. The van der Waals surface area contributed by atoms with E-state index < -0.39 is 12.5 Å². The standard InChI is InChI=1S/C15H21F2NO2/c1-4-10(2)13(15(19)20-3)18-9-11-6-5-7-12(8-11)14(16)17/h5-8,10,13-14,18H,4,9H2,1-3H3. The Bertz CT molecular complexity index is 438. The molecule has 0 aliphatic rings. The Labute approximate surface area is 118 Å². The van der Waals surface area contributed by atoms with Crippen molar-refractivity contribution in [1.82, 2.24) is 5.32 Å². The summed E-state index contributed by atoms with van der Waals surface area (Å²) in [6.45, 7) is 4.29. The fourth-order valence-electron chi connectivity index (χ4n) is 1.95. The van der Waals surface area contributed by atoms with Crippen LogP contribution in [0.4, 0.5) is 8.78 Å². The van der Waals surface area contributed by atoms with Crippen LogP contribution in [0.3, 0.4) is 0 Å². The fourth-order valence-corrected chi connectivity index (χ4v) is 1.95. The van der Waals surface area contributed by atoms with E-state index in [2.05, 4.69) is 5.32 Å². The molecule has 2 atom stereocenters. The molecule has 0 amide bonds. The van der Waals surface area contributed by atoms with E-state index >= 15 is 0 Å². The van der Waals surface area contributed by atoms with Crippen molar-refractivity contribution in [1.29, 1.82) is 0 Å². The second kappa shape index (κ2) is 7.94. The van der Waals surface area contributed by atoms with Gasteiger partial charge in [0.2, 0.25) is 0 Å². The van der Waals surface area contributed by atoms with Gasteiger partial charge in [-0.2, -0.15) is 0 Å². The maximum atomic E-state index is 12.6. The highest BCUT2D eigenvalue weighted by Gasteiger charge is 2.24. The molecule has 0 aliphatic heterocycles. The number of esters is 1. The van der Waals surface area contributed by atoms with Gasteiger partial charge in [-0.05, 0) is 17.5 Å². The molecule has 1 rings (SSSR count). The number of methoxy groups -OCH3 is 1. The average molecular weight is 285 g/mol. The van der Waals surface area contributed by atoms with E-state index in [9.17, 15) is 13.6 Å². The van der Waals surface area contributed by atoms with E-state index in [0.29, 0.717) is 6.54 Å². The summed E-state index contributed by atoms with van der Waals surface area (Å²) in [5.41, 5.74) is 0.711. The normalized spacial score (nSPS) is 14.1. The lowest BCUT2D eigenvalue weighted by Gasteiger charge is -2.22. The highest BCUT2D eigenvalue weighted by Crippen LogP contribution is 2.19. The number of ether oxygens (including phenoxy) is 1. The summed E-state index contributed by atoms with van der Waals surface area (Å²) in [4.78, 5) is 11.7. The summed E-state index contributed by atoms with van der Waals surface area (Å²) in [6, 6.07) is 5.75. The molecule has 0 spiro atoms. The molecular weight excluding hydrogens is 264 g/mol. The molecule has 20 heavy (non-hydrogen) atoms. The maximum absolute atomic E-state index is 12.6. The third-order valence-electron chi connectivity index (χ3n) is 3.40. The third kappa shape index (κ3) is 4.56. The van der Waals surface area contributed by atoms with Crippen LogP contribution in [0.1, 0.15) is 37.8 Å². The molecule has 5 heteroatoms. The van der Waals surface area contributed by atoms with Gasteiger partial charge in [0.15, 0.2) is 0 Å². The highest BCUT2D eigenvalue weighted by atomic mass is 19.3. The molecule has 1 aromatic carbocycles. The van der Waals surface area contributed by atoms with Crippen molar-refractivity contribution in [2.24, 2.45) is 5.92 Å². The molecule has 3 nitrogen and oxygen atoms in total. The van der Waals surface area contributed by atoms with Crippen molar-refractivity contribution in [2.75, 3.05) is 7.11 Å². The zero-order valence-corrected chi connectivity index (χ0v) is 12.0. The topological polar surface area (TPSA) is 38.3 Å². The number of alkyl halides is 2. The average Bonchev–Trinajstić information content (AvgIpc) is 2.46. The second-order valence-corrected chi connectivity index (χ2v) is 4.81. The predicted octanol–water partition coefficient (Wildman–Crippen LogP) is 3.30. The Morgan fingerprint density at radius 3 is 2.65 bits per heavy atom. The molecule has 0 radical (unpaired) electrons. The zero-order chi connectivity index (χ0) is 15.1. The second-order valence-electron chi connectivity index (χ2n) is 4.81. The SMILES string of the molecule is CCC(C)C(NCc1cccc(C(F)F)c1)C(=O)OC. The summed E-state index contributed by atoms with van der Waals surface area (Å²) in [7, 11) is 1.34. The van der Waals surface area contributed by atoms with Crippen LogP contribution in [-0.2, 0) is 16.1 Å². The Morgan fingerprint density at radius 1 is 1.40 bits per heavy atom. The first-order chi connectivity index (χ1) is 9.49. The summed E-state index contributed by atoms with van der Waals surface area (Å²) in [5.74, 6) is -0.218. The summed E-state index contributed by atoms with van der Waals surface area (Å²) in [6.07, 6.45) is -1.66. The molecule has 0 fully saturated rings. The lowest BCUT2D eigenvalue weighted by molar-refractivity contribution is -0.144. The number of hydrogen-bond donors (Lipinski definition) is 1. The monoisotopic (exact) mass is 285 g/mol. The first kappa shape index (κ1) is 16.6. The molecule has 2 unspecified atom stereocenters. The van der Waals surface area contributed by atoms with Gasteiger partial charge in [-0.3, -0.25) is 4.79 Å². The first-order valence-corrected chi connectivity index (χ1v) is 6.67. The Morgan fingerprint density at radius 2 is 2.10 bits per heavy atom. The zero-order valence-electron chi connectivity index (χ0n) is 12.0. The van der Waals surface area contributed by atoms with E-state index in [0.717, 1.165) is 12.0 Å². The smallest absolute Gasteiger partial charge is 0.323 e. The number of hydrogen-bond acceptors (Lipinski definition) is 3. The van der Waals surface area contributed by atoms with Crippen LogP contribution < -0.4 is 5.32 Å². The highest BCUT2D eigenvalue weighted by molar-refractivity contribution is 5.75. The van der Waals surface area contributed by atoms with Gasteiger partial charge in [0.25, 0.3) is 6.43 Å². The summed E-state index contributed by atoms with van der Waals surface area (Å²) >= 11 is 0. The number of rotatable bonds is 7. The molecule has 0 saturated heterocycles. The number of benzene rings is 1. The minimum atomic E-state index is -2.49. The number of carbonyl (C=O) groups excluding carboxylic acids is 1. The molecule has 0 aliphatic carbocycles. The van der Waals surface area contributed by atoms with Crippen LogP contribution in [-0.4, -0.2) is 19.1 Å². The maximum Gasteiger partial charge on any atom is 0.323 e. The molecule has 1 aromatic rings. The summed E-state index contributed by atoms with van der Waals surface area (Å²) < 4.78 is 30.0. The van der Waals surface area contributed by atoms with Crippen molar-refractivity contribution in [3.05, 3.63) is 35.4 Å². The fraction of sp³-hybridized carbons (Fsp3) is 0.533. The number of carbonyl (C=O) groups is 1. The van der Waals surface area contributed by atoms with Crippen molar-refractivity contribution < 1.29 is 18.3 Å². The Hall–Kier alpha value is -1.49. The molecule has 1 N–H and O–H groups in total. The molecule has 112 valence electrons. The lowest BCUT2D eigenvalue weighted by atomic mass is 9.99. The van der Waals surface area contributed by atoms with Gasteiger partial charge in [0.05, 0.1) is 7.11 Å². The minimum Gasteiger partial charge on any atom is -0.468 e. The van der Waals surface area contributed by atoms with Crippen LogP contribution >= 0.6 is 0 Å². The quantitative estimate of drug-likeness (QED) is 0.781. The van der Waals surface area contributed by atoms with Crippen LogP contribution in [0.2, 0.25) is 0 Å². The van der Waals surface area contributed by atoms with Crippen molar-refractivity contribution in [3.63, 3.8) is 0 Å². The van der Waals surface area contributed by atoms with Crippen molar-refractivity contribution in [3.8, 4) is 0 Å². The molecule has 0 bridgehead atoms.